The van der Waals surface area contributed by atoms with Crippen molar-refractivity contribution in [1.29, 1.82) is 0 Å². The largest absolute Gasteiger partial charge is 0.496 e. The molecule has 3 aromatic rings. The van der Waals surface area contributed by atoms with Gasteiger partial charge in [-0.25, -0.2) is 0 Å². The average Bonchev–Trinajstić information content (AvgIpc) is 3.11. The van der Waals surface area contributed by atoms with E-state index in [9.17, 15) is 9.59 Å². The van der Waals surface area contributed by atoms with Crippen molar-refractivity contribution in [3.63, 3.8) is 0 Å². The summed E-state index contributed by atoms with van der Waals surface area (Å²) in [5.41, 5.74) is 1.47. The smallest absolute Gasteiger partial charge is 0.290 e. The SMILES string of the molecule is COc1ccccc1[C@@H]1c2c(oc3ccccc3c2=O)C(=O)N1CCC[NH+]1CCOCC1. The van der Waals surface area contributed by atoms with Crippen LogP contribution in [-0.2, 0) is 4.74 Å². The Morgan fingerprint density at radius 2 is 1.81 bits per heavy atom. The van der Waals surface area contributed by atoms with E-state index >= 15 is 0 Å². The van der Waals surface area contributed by atoms with E-state index in [0.717, 1.165) is 44.8 Å². The molecule has 2 aliphatic heterocycles. The molecule has 1 amide bonds. The van der Waals surface area contributed by atoms with Crippen LogP contribution < -0.4 is 15.1 Å². The summed E-state index contributed by atoms with van der Waals surface area (Å²) in [4.78, 5) is 30.3. The minimum absolute atomic E-state index is 0.142. The highest BCUT2D eigenvalue weighted by Gasteiger charge is 2.43. The van der Waals surface area contributed by atoms with Crippen LogP contribution in [0.15, 0.2) is 57.7 Å². The molecule has 32 heavy (non-hydrogen) atoms. The fourth-order valence-corrected chi connectivity index (χ4v) is 4.82. The Balaban J connectivity index is 1.55. The number of carbonyl (C=O) groups excluding carboxylic acids is 1. The zero-order valence-electron chi connectivity index (χ0n) is 18.1. The number of quaternary nitrogens is 1. The first kappa shape index (κ1) is 20.7. The number of carbonyl (C=O) groups is 1. The van der Waals surface area contributed by atoms with Crippen LogP contribution in [-0.4, -0.2) is 57.3 Å². The summed E-state index contributed by atoms with van der Waals surface area (Å²) in [7, 11) is 1.60. The molecular weight excluding hydrogens is 408 g/mol. The quantitative estimate of drug-likeness (QED) is 0.638. The fraction of sp³-hybridized carbons (Fsp3) is 0.360. The number of nitrogens with one attached hydrogen (secondary N) is 1. The van der Waals surface area contributed by atoms with Crippen molar-refractivity contribution in [3.8, 4) is 5.75 Å². The molecule has 0 bridgehead atoms. The van der Waals surface area contributed by atoms with E-state index in [4.69, 9.17) is 13.9 Å². The number of methoxy groups -OCH3 is 1. The highest BCUT2D eigenvalue weighted by Crippen LogP contribution is 2.41. The molecule has 3 heterocycles. The van der Waals surface area contributed by atoms with Gasteiger partial charge in [0.05, 0.1) is 43.9 Å². The van der Waals surface area contributed by atoms with Gasteiger partial charge in [0.25, 0.3) is 5.91 Å². The van der Waals surface area contributed by atoms with Gasteiger partial charge >= 0.3 is 0 Å². The number of nitrogens with zero attached hydrogens (tertiary/aromatic N) is 1. The third-order valence-corrected chi connectivity index (χ3v) is 6.44. The molecule has 166 valence electrons. The van der Waals surface area contributed by atoms with Crippen LogP contribution in [0.1, 0.15) is 34.1 Å². The number of hydrogen-bond donors (Lipinski definition) is 1. The molecule has 7 nitrogen and oxygen atoms in total. The standard InChI is InChI=1S/C25H26N2O5/c1-30-19-9-4-2-7-17(19)22-21-23(28)18-8-3-5-10-20(18)32-24(21)25(29)27(22)12-6-11-26-13-15-31-16-14-26/h2-5,7-10,22H,6,11-16H2,1H3/p+1/t22-/m1/s1. The van der Waals surface area contributed by atoms with Crippen molar-refractivity contribution in [2.45, 2.75) is 12.5 Å². The van der Waals surface area contributed by atoms with E-state index in [0.29, 0.717) is 28.8 Å². The number of rotatable bonds is 6. The molecule has 0 spiro atoms. The van der Waals surface area contributed by atoms with E-state index in [1.807, 2.05) is 30.3 Å². The highest BCUT2D eigenvalue weighted by molar-refractivity contribution is 5.99. The van der Waals surface area contributed by atoms with Crippen molar-refractivity contribution in [2.75, 3.05) is 46.5 Å². The van der Waals surface area contributed by atoms with Crippen LogP contribution in [0.4, 0.5) is 0 Å². The maximum absolute atomic E-state index is 13.5. The van der Waals surface area contributed by atoms with Gasteiger partial charge in [0.15, 0.2) is 5.43 Å². The normalized spacial score (nSPS) is 18.8. The summed E-state index contributed by atoms with van der Waals surface area (Å²) in [5.74, 6) is 0.550. The van der Waals surface area contributed by atoms with Gasteiger partial charge in [-0.2, -0.15) is 0 Å². The minimum atomic E-state index is -0.533. The van der Waals surface area contributed by atoms with Gasteiger partial charge in [-0.15, -0.1) is 0 Å². The van der Waals surface area contributed by atoms with Crippen LogP contribution in [0.3, 0.4) is 0 Å². The summed E-state index contributed by atoms with van der Waals surface area (Å²) in [6.07, 6.45) is 0.828. The van der Waals surface area contributed by atoms with Crippen molar-refractivity contribution in [1.82, 2.24) is 4.90 Å². The summed E-state index contributed by atoms with van der Waals surface area (Å²) in [5, 5.41) is 0.485. The van der Waals surface area contributed by atoms with E-state index < -0.39 is 6.04 Å². The predicted octanol–water partition coefficient (Wildman–Crippen LogP) is 1.65. The summed E-state index contributed by atoms with van der Waals surface area (Å²) in [6, 6.07) is 14.1. The zero-order chi connectivity index (χ0) is 22.1. The Kier molecular flexibility index (Phi) is 5.68. The lowest BCUT2D eigenvalue weighted by Gasteiger charge is -2.28. The number of fused-ring (bicyclic) bond motifs is 2. The first-order valence-corrected chi connectivity index (χ1v) is 11.1. The average molecular weight is 436 g/mol. The second-order valence-electron chi connectivity index (χ2n) is 8.28. The molecule has 0 radical (unpaired) electrons. The summed E-state index contributed by atoms with van der Waals surface area (Å²) >= 11 is 0. The Bertz CT molecular complexity index is 1200. The molecule has 7 heteroatoms. The molecule has 1 N–H and O–H groups in total. The third kappa shape index (κ3) is 3.57. The van der Waals surface area contributed by atoms with E-state index in [2.05, 4.69) is 0 Å². The Hall–Kier alpha value is -3.16. The summed E-state index contributed by atoms with van der Waals surface area (Å²) < 4.78 is 17.0. The lowest BCUT2D eigenvalue weighted by Crippen LogP contribution is -3.14. The molecule has 0 saturated carbocycles. The first-order chi connectivity index (χ1) is 15.7. The molecule has 2 aliphatic rings. The molecule has 1 atom stereocenters. The second kappa shape index (κ2) is 8.76. The number of ether oxygens (including phenoxy) is 2. The molecule has 0 unspecified atom stereocenters. The monoisotopic (exact) mass is 435 g/mol. The zero-order valence-corrected chi connectivity index (χ0v) is 18.1. The van der Waals surface area contributed by atoms with Crippen LogP contribution in [0.25, 0.3) is 11.0 Å². The maximum Gasteiger partial charge on any atom is 0.290 e. The third-order valence-electron chi connectivity index (χ3n) is 6.44. The fourth-order valence-electron chi connectivity index (χ4n) is 4.82. The molecule has 1 aromatic heterocycles. The van der Waals surface area contributed by atoms with Gasteiger partial charge in [0, 0.05) is 18.5 Å². The molecule has 1 saturated heterocycles. The van der Waals surface area contributed by atoms with Crippen LogP contribution >= 0.6 is 0 Å². The highest BCUT2D eigenvalue weighted by atomic mass is 16.5. The van der Waals surface area contributed by atoms with Gasteiger partial charge < -0.3 is 23.7 Å². The predicted molar refractivity (Wildman–Crippen MR) is 119 cm³/mol. The van der Waals surface area contributed by atoms with E-state index in [-0.39, 0.29) is 17.1 Å². The summed E-state index contributed by atoms with van der Waals surface area (Å²) in [6.45, 7) is 5.00. The van der Waals surface area contributed by atoms with Gasteiger partial charge in [-0.05, 0) is 18.2 Å². The maximum atomic E-state index is 13.5. The van der Waals surface area contributed by atoms with E-state index in [1.54, 1.807) is 30.2 Å². The van der Waals surface area contributed by atoms with Gasteiger partial charge in [-0.3, -0.25) is 9.59 Å². The Labute approximate surface area is 186 Å². The van der Waals surface area contributed by atoms with Crippen LogP contribution in [0.2, 0.25) is 0 Å². The van der Waals surface area contributed by atoms with Crippen molar-refractivity contribution in [3.05, 3.63) is 75.6 Å². The second-order valence-corrected chi connectivity index (χ2v) is 8.28. The van der Waals surface area contributed by atoms with Gasteiger partial charge in [-0.1, -0.05) is 30.3 Å². The van der Waals surface area contributed by atoms with Crippen LogP contribution in [0, 0.1) is 0 Å². The van der Waals surface area contributed by atoms with Gasteiger partial charge in [0.2, 0.25) is 5.76 Å². The topological polar surface area (TPSA) is 73.4 Å². The molecule has 2 aromatic carbocycles. The first-order valence-electron chi connectivity index (χ1n) is 11.1. The van der Waals surface area contributed by atoms with Crippen molar-refractivity contribution < 1.29 is 23.6 Å². The lowest BCUT2D eigenvalue weighted by atomic mass is 9.97. The van der Waals surface area contributed by atoms with E-state index in [1.165, 1.54) is 4.90 Å². The molecule has 1 fully saturated rings. The number of benzene rings is 2. The lowest BCUT2D eigenvalue weighted by molar-refractivity contribution is -0.908. The minimum Gasteiger partial charge on any atom is -0.496 e. The van der Waals surface area contributed by atoms with Gasteiger partial charge in [0.1, 0.15) is 24.4 Å². The Morgan fingerprint density at radius 1 is 1.06 bits per heavy atom. The number of morpholine rings is 1. The molecule has 5 rings (SSSR count). The number of amides is 1. The number of para-hydroxylation sites is 2. The van der Waals surface area contributed by atoms with Crippen molar-refractivity contribution in [2.24, 2.45) is 0 Å². The van der Waals surface area contributed by atoms with Crippen molar-refractivity contribution >= 4 is 16.9 Å². The Morgan fingerprint density at radius 3 is 2.62 bits per heavy atom. The molecule has 0 aliphatic carbocycles. The number of hydrogen-bond acceptors (Lipinski definition) is 5. The van der Waals surface area contributed by atoms with Crippen LogP contribution in [0.5, 0.6) is 5.75 Å². The molecular formula is C25H27N2O5+.